The van der Waals surface area contributed by atoms with Crippen molar-refractivity contribution in [3.63, 3.8) is 0 Å². The van der Waals surface area contributed by atoms with Crippen LogP contribution in [0.2, 0.25) is 5.02 Å². The molecule has 1 aromatic carbocycles. The Morgan fingerprint density at radius 3 is 2.93 bits per heavy atom. The van der Waals surface area contributed by atoms with Gasteiger partial charge in [-0.25, -0.2) is 0 Å². The van der Waals surface area contributed by atoms with E-state index in [0.717, 1.165) is 15.0 Å². The van der Waals surface area contributed by atoms with Crippen LogP contribution in [0.3, 0.4) is 0 Å². The third-order valence-electron chi connectivity index (χ3n) is 1.61. The first-order chi connectivity index (χ1) is 6.76. The molecule has 1 aromatic rings. The van der Waals surface area contributed by atoms with Crippen LogP contribution < -0.4 is 5.73 Å². The lowest BCUT2D eigenvalue weighted by Crippen LogP contribution is -1.83. The number of hydrogen-bond acceptors (Lipinski definition) is 3. The van der Waals surface area contributed by atoms with Crippen LogP contribution in [-0.4, -0.2) is 6.26 Å². The molecule has 0 saturated carbocycles. The lowest BCUT2D eigenvalue weighted by Gasteiger charge is -2.03. The van der Waals surface area contributed by atoms with Gasteiger partial charge in [-0.15, -0.1) is 23.5 Å². The van der Waals surface area contributed by atoms with E-state index in [1.54, 1.807) is 29.7 Å². The maximum atomic E-state index is 5.87. The lowest BCUT2D eigenvalue weighted by molar-refractivity contribution is 1.42. The van der Waals surface area contributed by atoms with Crippen molar-refractivity contribution in [2.24, 2.45) is 5.73 Å². The lowest BCUT2D eigenvalue weighted by atomic mass is 10.2. The zero-order valence-corrected chi connectivity index (χ0v) is 10.3. The predicted molar refractivity (Wildman–Crippen MR) is 68.5 cm³/mol. The van der Waals surface area contributed by atoms with E-state index in [0.29, 0.717) is 0 Å². The molecule has 76 valence electrons. The van der Waals surface area contributed by atoms with E-state index in [1.807, 2.05) is 24.5 Å². The van der Waals surface area contributed by atoms with Crippen LogP contribution in [0, 0.1) is 0 Å². The Kier molecular flexibility index (Phi) is 5.30. The largest absolute Gasteiger partial charge is 0.403 e. The minimum atomic E-state index is 0.783. The fraction of sp³-hybridized carbons (Fsp3) is 0.200. The zero-order chi connectivity index (χ0) is 10.4. The minimum Gasteiger partial charge on any atom is -0.403 e. The van der Waals surface area contributed by atoms with E-state index >= 15 is 0 Å². The van der Waals surface area contributed by atoms with Crippen molar-refractivity contribution in [1.82, 2.24) is 0 Å². The molecule has 0 aliphatic heterocycles. The van der Waals surface area contributed by atoms with Gasteiger partial charge >= 0.3 is 0 Å². The van der Waals surface area contributed by atoms with Crippen molar-refractivity contribution < 1.29 is 0 Å². The highest BCUT2D eigenvalue weighted by molar-refractivity contribution is 8.21. The average molecular weight is 246 g/mol. The van der Waals surface area contributed by atoms with Crippen LogP contribution >= 0.6 is 35.1 Å². The molecule has 0 radical (unpaired) electrons. The summed E-state index contributed by atoms with van der Waals surface area (Å²) in [5.41, 5.74) is 6.67. The van der Waals surface area contributed by atoms with Gasteiger partial charge < -0.3 is 5.73 Å². The Morgan fingerprint density at radius 2 is 2.36 bits per heavy atom. The van der Waals surface area contributed by atoms with E-state index in [4.69, 9.17) is 17.3 Å². The molecule has 2 N–H and O–H groups in total. The molecule has 0 aromatic heterocycles. The van der Waals surface area contributed by atoms with Crippen LogP contribution in [-0.2, 0) is 5.75 Å². The zero-order valence-electron chi connectivity index (χ0n) is 7.87. The van der Waals surface area contributed by atoms with Crippen LogP contribution in [0.1, 0.15) is 5.56 Å². The number of nitrogens with two attached hydrogens (primary N) is 1. The van der Waals surface area contributed by atoms with Gasteiger partial charge in [0.1, 0.15) is 0 Å². The van der Waals surface area contributed by atoms with Gasteiger partial charge in [0.15, 0.2) is 0 Å². The van der Waals surface area contributed by atoms with E-state index in [9.17, 15) is 0 Å². The first-order valence-corrected chi connectivity index (χ1v) is 6.68. The second-order valence-corrected chi connectivity index (χ2v) is 5.17. The topological polar surface area (TPSA) is 26.0 Å². The van der Waals surface area contributed by atoms with E-state index in [-0.39, 0.29) is 0 Å². The van der Waals surface area contributed by atoms with Crippen LogP contribution in [0.4, 0.5) is 0 Å². The maximum Gasteiger partial charge on any atom is 0.0557 e. The molecule has 14 heavy (non-hydrogen) atoms. The van der Waals surface area contributed by atoms with Gasteiger partial charge in [0.05, 0.1) is 4.24 Å². The van der Waals surface area contributed by atoms with Gasteiger partial charge in [0.25, 0.3) is 0 Å². The second kappa shape index (κ2) is 6.27. The summed E-state index contributed by atoms with van der Waals surface area (Å²) in [6.07, 6.45) is 3.66. The first-order valence-electron chi connectivity index (χ1n) is 4.09. The Hall–Kier alpha value is -0.250. The summed E-state index contributed by atoms with van der Waals surface area (Å²) in [5.74, 6) is 0.907. The minimum absolute atomic E-state index is 0.783. The van der Waals surface area contributed by atoms with Gasteiger partial charge in [0.2, 0.25) is 0 Å². The van der Waals surface area contributed by atoms with Crippen LogP contribution in [0.5, 0.6) is 0 Å². The molecule has 0 saturated heterocycles. The van der Waals surface area contributed by atoms with E-state index in [2.05, 4.69) is 6.07 Å². The fourth-order valence-corrected chi connectivity index (χ4v) is 2.54. The molecule has 0 bridgehead atoms. The summed E-state index contributed by atoms with van der Waals surface area (Å²) in [6.45, 7) is 0. The number of benzene rings is 1. The summed E-state index contributed by atoms with van der Waals surface area (Å²) < 4.78 is 1.13. The number of rotatable bonds is 4. The Morgan fingerprint density at radius 1 is 1.57 bits per heavy atom. The molecule has 0 fully saturated rings. The quantitative estimate of drug-likeness (QED) is 0.876. The van der Waals surface area contributed by atoms with Crippen LogP contribution in [0.25, 0.3) is 0 Å². The third-order valence-corrected chi connectivity index (χ3v) is 4.13. The molecule has 0 aliphatic carbocycles. The summed E-state index contributed by atoms with van der Waals surface area (Å²) in [4.78, 5) is 0. The number of hydrogen-bond donors (Lipinski definition) is 1. The molecule has 0 spiro atoms. The van der Waals surface area contributed by atoms with E-state index < -0.39 is 0 Å². The molecule has 0 aliphatic rings. The van der Waals surface area contributed by atoms with Crippen molar-refractivity contribution in [3.05, 3.63) is 45.3 Å². The Bertz CT molecular complexity index is 326. The van der Waals surface area contributed by atoms with Crippen molar-refractivity contribution in [2.75, 3.05) is 6.26 Å². The third kappa shape index (κ3) is 3.86. The normalized spacial score (nSPS) is 11.7. The molecule has 1 rings (SSSR count). The molecule has 1 nitrogen and oxygen atoms in total. The number of thioether (sulfide) groups is 2. The molecule has 0 atom stereocenters. The Labute approximate surface area is 98.1 Å². The maximum absolute atomic E-state index is 5.87. The monoisotopic (exact) mass is 245 g/mol. The molecule has 4 heteroatoms. The standard InChI is InChI=1S/C10H12ClNS2/c1-13-10(6-12)14-7-8-3-2-4-9(11)5-8/h2-6H,7,12H2,1H3/b10-6+. The molecular weight excluding hydrogens is 234 g/mol. The SMILES string of the molecule is CS/C(=C\N)SCc1cccc(Cl)c1. The molecule has 0 amide bonds. The van der Waals surface area contributed by atoms with Crippen LogP contribution in [0.15, 0.2) is 34.7 Å². The first kappa shape index (κ1) is 11.8. The Balaban J connectivity index is 2.53. The van der Waals surface area contributed by atoms with Crippen molar-refractivity contribution in [2.45, 2.75) is 5.75 Å². The summed E-state index contributed by atoms with van der Waals surface area (Å²) in [7, 11) is 0. The van der Waals surface area contributed by atoms with Gasteiger partial charge in [0, 0.05) is 17.0 Å². The molecule has 0 unspecified atom stereocenters. The van der Waals surface area contributed by atoms with Gasteiger partial charge in [-0.1, -0.05) is 23.7 Å². The highest BCUT2D eigenvalue weighted by atomic mass is 35.5. The summed E-state index contributed by atoms with van der Waals surface area (Å²) >= 11 is 9.26. The average Bonchev–Trinajstić information content (AvgIpc) is 2.19. The highest BCUT2D eigenvalue weighted by Gasteiger charge is 1.98. The number of halogens is 1. The van der Waals surface area contributed by atoms with Crippen molar-refractivity contribution in [3.8, 4) is 0 Å². The second-order valence-electron chi connectivity index (χ2n) is 2.61. The van der Waals surface area contributed by atoms with Crippen molar-refractivity contribution >= 4 is 35.1 Å². The van der Waals surface area contributed by atoms with Gasteiger partial charge in [-0.3, -0.25) is 0 Å². The van der Waals surface area contributed by atoms with Crippen molar-refractivity contribution in [1.29, 1.82) is 0 Å². The summed E-state index contributed by atoms with van der Waals surface area (Å²) in [6, 6.07) is 7.88. The molecule has 0 heterocycles. The molecular formula is C10H12ClNS2. The fourth-order valence-electron chi connectivity index (χ4n) is 0.956. The summed E-state index contributed by atoms with van der Waals surface area (Å²) in [5, 5.41) is 0.783. The predicted octanol–water partition coefficient (Wildman–Crippen LogP) is 3.69. The van der Waals surface area contributed by atoms with E-state index in [1.165, 1.54) is 5.56 Å². The van der Waals surface area contributed by atoms with Gasteiger partial charge in [-0.05, 0) is 24.0 Å². The smallest absolute Gasteiger partial charge is 0.0557 e. The highest BCUT2D eigenvalue weighted by Crippen LogP contribution is 2.28. The van der Waals surface area contributed by atoms with Gasteiger partial charge in [-0.2, -0.15) is 0 Å².